The van der Waals surface area contributed by atoms with Crippen molar-refractivity contribution in [3.63, 3.8) is 0 Å². The molecule has 0 radical (unpaired) electrons. The highest BCUT2D eigenvalue weighted by Gasteiger charge is 2.30. The van der Waals surface area contributed by atoms with Crippen molar-refractivity contribution in [3.8, 4) is 0 Å². The number of nitrogens with one attached hydrogen (secondary N) is 1. The molecule has 0 aromatic heterocycles. The molecule has 0 saturated carbocycles. The van der Waals surface area contributed by atoms with Gasteiger partial charge >= 0.3 is 0 Å². The number of nitrogens with zero attached hydrogens (tertiary/aromatic N) is 1. The van der Waals surface area contributed by atoms with Gasteiger partial charge in [-0.05, 0) is 31.2 Å². The minimum Gasteiger partial charge on any atom is -0.342 e. The number of halogens is 1. The Labute approximate surface area is 121 Å². The first-order chi connectivity index (χ1) is 9.97. The highest BCUT2D eigenvalue weighted by Crippen LogP contribution is 2.33. The molecule has 1 heterocycles. The largest absolute Gasteiger partial charge is 0.342 e. The maximum absolute atomic E-state index is 14.2. The summed E-state index contributed by atoms with van der Waals surface area (Å²) in [7, 11) is 1.73. The molecule has 1 aliphatic heterocycles. The molecule has 4 nitrogen and oxygen atoms in total. The van der Waals surface area contributed by atoms with Gasteiger partial charge in [-0.3, -0.25) is 9.59 Å². The molecule has 1 N–H and O–H groups in total. The molecule has 0 bridgehead atoms. The van der Waals surface area contributed by atoms with Gasteiger partial charge in [0.05, 0.1) is 16.9 Å². The standard InChI is InChI=1S/C16H13FN2O2/c1-9-3-5-10(6-4-9)19(2)14-8-13-11(7-12(14)17)15(20)16(21)18-13/h3-8H,1-2H3,(H,18,20,21). The molecular weight excluding hydrogens is 271 g/mol. The first kappa shape index (κ1) is 13.3. The third kappa shape index (κ3) is 2.16. The minimum absolute atomic E-state index is 0.0820. The summed E-state index contributed by atoms with van der Waals surface area (Å²) in [5, 5.41) is 2.45. The molecule has 0 fully saturated rings. The molecule has 3 rings (SSSR count). The number of amides is 1. The second-order valence-corrected chi connectivity index (χ2v) is 5.03. The maximum Gasteiger partial charge on any atom is 0.296 e. The van der Waals surface area contributed by atoms with E-state index in [1.54, 1.807) is 11.9 Å². The molecule has 0 saturated heterocycles. The number of anilines is 3. The Morgan fingerprint density at radius 3 is 2.43 bits per heavy atom. The summed E-state index contributed by atoms with van der Waals surface area (Å²) in [4.78, 5) is 24.5. The zero-order chi connectivity index (χ0) is 15.1. The van der Waals surface area contributed by atoms with E-state index in [9.17, 15) is 14.0 Å². The van der Waals surface area contributed by atoms with Crippen LogP contribution in [-0.2, 0) is 4.79 Å². The van der Waals surface area contributed by atoms with Gasteiger partial charge in [0.15, 0.2) is 0 Å². The summed E-state index contributed by atoms with van der Waals surface area (Å²) in [5.41, 5.74) is 2.65. The number of carbonyl (C=O) groups excluding carboxylic acids is 2. The van der Waals surface area contributed by atoms with Crippen LogP contribution in [0.4, 0.5) is 21.5 Å². The molecule has 1 amide bonds. The van der Waals surface area contributed by atoms with Gasteiger partial charge < -0.3 is 10.2 Å². The SMILES string of the molecule is Cc1ccc(N(C)c2cc3c(cc2F)C(=O)C(=O)N3)cc1. The van der Waals surface area contributed by atoms with E-state index in [4.69, 9.17) is 0 Å². The van der Waals surface area contributed by atoms with Gasteiger partial charge in [-0.1, -0.05) is 17.7 Å². The van der Waals surface area contributed by atoms with Crippen LogP contribution >= 0.6 is 0 Å². The van der Waals surface area contributed by atoms with E-state index in [0.717, 1.165) is 17.3 Å². The molecule has 0 aliphatic carbocycles. The van der Waals surface area contributed by atoms with Crippen molar-refractivity contribution in [2.24, 2.45) is 0 Å². The molecule has 2 aromatic rings. The van der Waals surface area contributed by atoms with Crippen molar-refractivity contribution in [2.75, 3.05) is 17.3 Å². The van der Waals surface area contributed by atoms with Gasteiger partial charge in [0.1, 0.15) is 5.82 Å². The van der Waals surface area contributed by atoms with Crippen molar-refractivity contribution in [1.29, 1.82) is 0 Å². The fourth-order valence-electron chi connectivity index (χ4n) is 2.32. The highest BCUT2D eigenvalue weighted by molar-refractivity contribution is 6.51. The van der Waals surface area contributed by atoms with Crippen molar-refractivity contribution < 1.29 is 14.0 Å². The molecular formula is C16H13FN2O2. The zero-order valence-corrected chi connectivity index (χ0v) is 11.6. The smallest absolute Gasteiger partial charge is 0.296 e. The number of aryl methyl sites for hydroxylation is 1. The molecule has 106 valence electrons. The average Bonchev–Trinajstić information content (AvgIpc) is 2.73. The second-order valence-electron chi connectivity index (χ2n) is 5.03. The minimum atomic E-state index is -0.723. The lowest BCUT2D eigenvalue weighted by molar-refractivity contribution is -0.112. The van der Waals surface area contributed by atoms with E-state index in [0.29, 0.717) is 11.4 Å². The van der Waals surface area contributed by atoms with Gasteiger partial charge in [0.25, 0.3) is 11.7 Å². The Balaban J connectivity index is 2.04. The predicted octanol–water partition coefficient (Wildman–Crippen LogP) is 3.04. The monoisotopic (exact) mass is 284 g/mol. The number of ketones is 1. The summed E-state index contributed by atoms with van der Waals surface area (Å²) in [5.74, 6) is -1.96. The fourth-order valence-corrected chi connectivity index (χ4v) is 2.32. The lowest BCUT2D eigenvalue weighted by Crippen LogP contribution is -2.12. The zero-order valence-electron chi connectivity index (χ0n) is 11.6. The Bertz CT molecular complexity index is 754. The Morgan fingerprint density at radius 2 is 1.76 bits per heavy atom. The summed E-state index contributed by atoms with van der Waals surface area (Å²) in [6.07, 6.45) is 0. The van der Waals surface area contributed by atoms with Gasteiger partial charge in [-0.25, -0.2) is 4.39 Å². The van der Waals surface area contributed by atoms with Crippen LogP contribution in [0.25, 0.3) is 0 Å². The number of Topliss-reactive ketones (excluding diaryl/α,β-unsaturated/α-hetero) is 1. The maximum atomic E-state index is 14.2. The summed E-state index contributed by atoms with van der Waals surface area (Å²) in [6, 6.07) is 10.2. The Morgan fingerprint density at radius 1 is 1.10 bits per heavy atom. The summed E-state index contributed by atoms with van der Waals surface area (Å²) >= 11 is 0. The molecule has 5 heteroatoms. The topological polar surface area (TPSA) is 49.4 Å². The van der Waals surface area contributed by atoms with Crippen LogP contribution in [0.5, 0.6) is 0 Å². The molecule has 0 atom stereocenters. The summed E-state index contributed by atoms with van der Waals surface area (Å²) < 4.78 is 14.2. The van der Waals surface area contributed by atoms with Gasteiger partial charge in [0, 0.05) is 12.7 Å². The number of hydrogen-bond donors (Lipinski definition) is 1. The molecule has 0 spiro atoms. The van der Waals surface area contributed by atoms with Crippen molar-refractivity contribution in [2.45, 2.75) is 6.92 Å². The molecule has 2 aromatic carbocycles. The van der Waals surface area contributed by atoms with Crippen molar-refractivity contribution >= 4 is 28.8 Å². The number of carbonyl (C=O) groups is 2. The third-order valence-electron chi connectivity index (χ3n) is 3.57. The number of rotatable bonds is 2. The highest BCUT2D eigenvalue weighted by atomic mass is 19.1. The number of fused-ring (bicyclic) bond motifs is 1. The molecule has 1 aliphatic rings. The van der Waals surface area contributed by atoms with Crippen LogP contribution in [-0.4, -0.2) is 18.7 Å². The van der Waals surface area contributed by atoms with E-state index in [1.165, 1.54) is 6.07 Å². The molecule has 21 heavy (non-hydrogen) atoms. The van der Waals surface area contributed by atoms with Crippen LogP contribution in [0.2, 0.25) is 0 Å². The van der Waals surface area contributed by atoms with Gasteiger partial charge in [-0.2, -0.15) is 0 Å². The second kappa shape index (κ2) is 4.70. The van der Waals surface area contributed by atoms with Gasteiger partial charge in [0.2, 0.25) is 0 Å². The lowest BCUT2D eigenvalue weighted by atomic mass is 10.1. The van der Waals surface area contributed by atoms with E-state index in [-0.39, 0.29) is 5.56 Å². The average molecular weight is 284 g/mol. The quantitative estimate of drug-likeness (QED) is 0.862. The predicted molar refractivity (Wildman–Crippen MR) is 78.6 cm³/mol. The van der Waals surface area contributed by atoms with E-state index in [1.807, 2.05) is 31.2 Å². The van der Waals surface area contributed by atoms with Crippen LogP contribution in [0.1, 0.15) is 15.9 Å². The van der Waals surface area contributed by atoms with Crippen LogP contribution in [0.15, 0.2) is 36.4 Å². The van der Waals surface area contributed by atoms with Crippen LogP contribution in [0, 0.1) is 12.7 Å². The summed E-state index contributed by atoms with van der Waals surface area (Å²) in [6.45, 7) is 1.97. The van der Waals surface area contributed by atoms with Crippen molar-refractivity contribution in [3.05, 3.63) is 53.3 Å². The lowest BCUT2D eigenvalue weighted by Gasteiger charge is -2.21. The first-order valence-electron chi connectivity index (χ1n) is 6.47. The van der Waals surface area contributed by atoms with Gasteiger partial charge in [-0.15, -0.1) is 0 Å². The number of hydrogen-bond acceptors (Lipinski definition) is 3. The third-order valence-corrected chi connectivity index (χ3v) is 3.57. The first-order valence-corrected chi connectivity index (χ1v) is 6.47. The Hall–Kier alpha value is -2.69. The van der Waals surface area contributed by atoms with E-state index in [2.05, 4.69) is 5.32 Å². The van der Waals surface area contributed by atoms with Crippen LogP contribution < -0.4 is 10.2 Å². The fraction of sp³-hybridized carbons (Fsp3) is 0.125. The van der Waals surface area contributed by atoms with E-state index >= 15 is 0 Å². The normalized spacial score (nSPS) is 13.1. The van der Waals surface area contributed by atoms with Crippen molar-refractivity contribution in [1.82, 2.24) is 0 Å². The number of benzene rings is 2. The molecule has 0 unspecified atom stereocenters. The van der Waals surface area contributed by atoms with E-state index < -0.39 is 17.5 Å². The van der Waals surface area contributed by atoms with Crippen LogP contribution in [0.3, 0.4) is 0 Å². The Kier molecular flexibility index (Phi) is 2.97.